The van der Waals surface area contributed by atoms with Crippen LogP contribution >= 0.6 is 11.3 Å². The van der Waals surface area contributed by atoms with Crippen molar-refractivity contribution in [3.8, 4) is 0 Å². The first-order valence-corrected chi connectivity index (χ1v) is 8.44. The molecule has 2 heteroatoms. The second-order valence-electron chi connectivity index (χ2n) is 5.28. The lowest BCUT2D eigenvalue weighted by molar-refractivity contribution is 0.639. The van der Waals surface area contributed by atoms with Crippen LogP contribution < -0.4 is 5.32 Å². The molecule has 1 nitrogen and oxygen atoms in total. The van der Waals surface area contributed by atoms with Crippen LogP contribution in [0, 0.1) is 6.92 Å². The molecule has 0 saturated heterocycles. The molecule has 0 amide bonds. The second-order valence-corrected chi connectivity index (χ2v) is 6.60. The summed E-state index contributed by atoms with van der Waals surface area (Å²) in [5.74, 6) is 0. The Hall–Kier alpha value is -1.12. The number of benzene rings is 1. The van der Waals surface area contributed by atoms with Crippen molar-refractivity contribution >= 4 is 11.3 Å². The fourth-order valence-corrected chi connectivity index (χ4v) is 3.43. The molecule has 1 N–H and O–H groups in total. The summed E-state index contributed by atoms with van der Waals surface area (Å²) in [5.41, 5.74) is 2.82. The smallest absolute Gasteiger partial charge is 0.0671 e. The highest BCUT2D eigenvalue weighted by Gasteiger charge is 2.14. The van der Waals surface area contributed by atoms with E-state index in [1.165, 1.54) is 40.1 Å². The zero-order valence-electron chi connectivity index (χ0n) is 12.8. The van der Waals surface area contributed by atoms with Crippen molar-refractivity contribution in [2.45, 2.75) is 46.1 Å². The molecule has 1 unspecified atom stereocenters. The van der Waals surface area contributed by atoms with Gasteiger partial charge in [0.2, 0.25) is 0 Å². The van der Waals surface area contributed by atoms with Gasteiger partial charge in [-0.25, -0.2) is 0 Å². The number of aryl methyl sites for hydroxylation is 2. The summed E-state index contributed by atoms with van der Waals surface area (Å²) < 4.78 is 0. The number of rotatable bonds is 7. The minimum atomic E-state index is 0.332. The van der Waals surface area contributed by atoms with E-state index in [-0.39, 0.29) is 0 Å². The molecule has 20 heavy (non-hydrogen) atoms. The lowest BCUT2D eigenvalue weighted by Crippen LogP contribution is -2.21. The van der Waals surface area contributed by atoms with Gasteiger partial charge in [0, 0.05) is 9.75 Å². The lowest BCUT2D eigenvalue weighted by Gasteiger charge is -2.17. The summed E-state index contributed by atoms with van der Waals surface area (Å²) in [4.78, 5) is 2.79. The first-order valence-electron chi connectivity index (χ1n) is 7.63. The Balaban J connectivity index is 2.17. The van der Waals surface area contributed by atoms with E-state index in [1.807, 2.05) is 11.3 Å². The quantitative estimate of drug-likeness (QED) is 0.747. The number of nitrogens with one attached hydrogen (secondary N) is 1. The highest BCUT2D eigenvalue weighted by Crippen LogP contribution is 2.28. The van der Waals surface area contributed by atoms with Crippen molar-refractivity contribution in [3.05, 3.63) is 57.3 Å². The Bertz CT molecular complexity index is 512. The van der Waals surface area contributed by atoms with Gasteiger partial charge < -0.3 is 5.32 Å². The minimum absolute atomic E-state index is 0.332. The molecule has 0 bridgehead atoms. The van der Waals surface area contributed by atoms with E-state index in [0.717, 1.165) is 6.54 Å². The van der Waals surface area contributed by atoms with Crippen LogP contribution in [0.25, 0.3) is 0 Å². The monoisotopic (exact) mass is 287 g/mol. The molecule has 0 aliphatic carbocycles. The molecule has 1 atom stereocenters. The summed E-state index contributed by atoms with van der Waals surface area (Å²) >= 11 is 1.89. The third-order valence-electron chi connectivity index (χ3n) is 3.59. The zero-order valence-corrected chi connectivity index (χ0v) is 13.6. The summed E-state index contributed by atoms with van der Waals surface area (Å²) in [5, 5.41) is 3.60. The first-order chi connectivity index (χ1) is 9.74. The minimum Gasteiger partial charge on any atom is -0.306 e. The van der Waals surface area contributed by atoms with Crippen LogP contribution in [-0.2, 0) is 6.42 Å². The maximum atomic E-state index is 3.60. The van der Waals surface area contributed by atoms with Gasteiger partial charge in [-0.1, -0.05) is 44.5 Å². The van der Waals surface area contributed by atoms with Gasteiger partial charge in [0.05, 0.1) is 6.04 Å². The van der Waals surface area contributed by atoms with E-state index in [4.69, 9.17) is 0 Å². The summed E-state index contributed by atoms with van der Waals surface area (Å²) in [6.45, 7) is 7.57. The van der Waals surface area contributed by atoms with Crippen molar-refractivity contribution in [2.75, 3.05) is 6.54 Å². The van der Waals surface area contributed by atoms with Gasteiger partial charge in [-0.3, -0.25) is 0 Å². The highest BCUT2D eigenvalue weighted by molar-refractivity contribution is 7.12. The van der Waals surface area contributed by atoms with Gasteiger partial charge in [0.25, 0.3) is 0 Å². The van der Waals surface area contributed by atoms with E-state index in [0.29, 0.717) is 6.04 Å². The van der Waals surface area contributed by atoms with E-state index < -0.39 is 0 Å². The van der Waals surface area contributed by atoms with Gasteiger partial charge in [0.1, 0.15) is 0 Å². The van der Waals surface area contributed by atoms with Crippen LogP contribution in [0.2, 0.25) is 0 Å². The Labute approximate surface area is 127 Å². The average Bonchev–Trinajstić information content (AvgIpc) is 2.89. The third-order valence-corrected chi connectivity index (χ3v) is 4.65. The highest BCUT2D eigenvalue weighted by atomic mass is 32.1. The average molecular weight is 287 g/mol. The topological polar surface area (TPSA) is 12.0 Å². The van der Waals surface area contributed by atoms with E-state index in [1.54, 1.807) is 0 Å². The Kier molecular flexibility index (Phi) is 5.81. The number of hydrogen-bond donors (Lipinski definition) is 1. The maximum Gasteiger partial charge on any atom is 0.0671 e. The van der Waals surface area contributed by atoms with Crippen LogP contribution in [0.5, 0.6) is 0 Å². The molecule has 1 aromatic carbocycles. The maximum absolute atomic E-state index is 3.60. The molecule has 1 aromatic heterocycles. The van der Waals surface area contributed by atoms with Gasteiger partial charge in [-0.15, -0.1) is 11.3 Å². The molecular formula is C18H25NS. The summed E-state index contributed by atoms with van der Waals surface area (Å²) in [6.07, 6.45) is 3.73. The molecule has 0 radical (unpaired) electrons. The van der Waals surface area contributed by atoms with Crippen molar-refractivity contribution in [1.82, 2.24) is 5.32 Å². The predicted molar refractivity (Wildman–Crippen MR) is 89.6 cm³/mol. The Morgan fingerprint density at radius 1 is 1.05 bits per heavy atom. The van der Waals surface area contributed by atoms with E-state index in [9.17, 15) is 0 Å². The van der Waals surface area contributed by atoms with Crippen molar-refractivity contribution < 1.29 is 0 Å². The zero-order chi connectivity index (χ0) is 14.4. The second kappa shape index (κ2) is 7.61. The first kappa shape index (κ1) is 15.3. The van der Waals surface area contributed by atoms with E-state index >= 15 is 0 Å². The normalized spacial score (nSPS) is 12.6. The third kappa shape index (κ3) is 3.94. The van der Waals surface area contributed by atoms with Gasteiger partial charge in [-0.05, 0) is 49.6 Å². The molecule has 2 rings (SSSR count). The molecule has 0 aliphatic heterocycles. The molecule has 108 valence electrons. The molecule has 0 aliphatic rings. The van der Waals surface area contributed by atoms with Crippen LogP contribution in [0.4, 0.5) is 0 Å². The molecule has 0 fully saturated rings. The Morgan fingerprint density at radius 2 is 1.80 bits per heavy atom. The fourth-order valence-electron chi connectivity index (χ4n) is 2.45. The molecule has 2 aromatic rings. The summed E-state index contributed by atoms with van der Waals surface area (Å²) in [7, 11) is 0. The SMILES string of the molecule is CCCCc1ccc(C(NCC)c2ccc(C)s2)cc1. The van der Waals surface area contributed by atoms with Gasteiger partial charge in [-0.2, -0.15) is 0 Å². The Morgan fingerprint density at radius 3 is 2.35 bits per heavy atom. The largest absolute Gasteiger partial charge is 0.306 e. The van der Waals surface area contributed by atoms with Crippen LogP contribution in [-0.4, -0.2) is 6.54 Å². The number of unbranched alkanes of at least 4 members (excludes halogenated alkanes) is 1. The van der Waals surface area contributed by atoms with Gasteiger partial charge in [0.15, 0.2) is 0 Å². The summed E-state index contributed by atoms with van der Waals surface area (Å²) in [6, 6.07) is 13.9. The van der Waals surface area contributed by atoms with Crippen molar-refractivity contribution in [2.24, 2.45) is 0 Å². The molecule has 1 heterocycles. The van der Waals surface area contributed by atoms with Gasteiger partial charge >= 0.3 is 0 Å². The number of hydrogen-bond acceptors (Lipinski definition) is 2. The van der Waals surface area contributed by atoms with Crippen molar-refractivity contribution in [1.29, 1.82) is 0 Å². The lowest BCUT2D eigenvalue weighted by atomic mass is 10.0. The fraction of sp³-hybridized carbons (Fsp3) is 0.444. The molecular weight excluding hydrogens is 262 g/mol. The molecule has 0 saturated carbocycles. The predicted octanol–water partition coefficient (Wildman–Crippen LogP) is 5.10. The number of thiophene rings is 1. The standard InChI is InChI=1S/C18H25NS/c1-4-6-7-15-9-11-16(12-10-15)18(19-5-2)17-13-8-14(3)20-17/h8-13,18-19H,4-7H2,1-3H3. The van der Waals surface area contributed by atoms with Crippen LogP contribution in [0.15, 0.2) is 36.4 Å². The van der Waals surface area contributed by atoms with E-state index in [2.05, 4.69) is 62.5 Å². The van der Waals surface area contributed by atoms with Crippen LogP contribution in [0.1, 0.15) is 53.6 Å². The van der Waals surface area contributed by atoms with Crippen LogP contribution in [0.3, 0.4) is 0 Å². The molecule has 0 spiro atoms. The van der Waals surface area contributed by atoms with Crippen molar-refractivity contribution in [3.63, 3.8) is 0 Å².